The predicted molar refractivity (Wildman–Crippen MR) is 89.4 cm³/mol. The van der Waals surface area contributed by atoms with E-state index in [4.69, 9.17) is 5.84 Å². The summed E-state index contributed by atoms with van der Waals surface area (Å²) in [6.45, 7) is 6.08. The summed E-state index contributed by atoms with van der Waals surface area (Å²) in [6, 6.07) is 3.72. The van der Waals surface area contributed by atoms with Crippen LogP contribution in [0.15, 0.2) is 22.8 Å². The number of nitrogens with one attached hydrogen (secondary N) is 2. The topological polar surface area (TPSA) is 80.0 Å². The van der Waals surface area contributed by atoms with Crippen LogP contribution in [0.3, 0.4) is 0 Å². The van der Waals surface area contributed by atoms with Crippen LogP contribution in [-0.4, -0.2) is 10.9 Å². The van der Waals surface area contributed by atoms with Crippen molar-refractivity contribution in [2.45, 2.75) is 26.8 Å². The highest BCUT2D eigenvalue weighted by Crippen LogP contribution is 2.27. The number of hydrogen-bond acceptors (Lipinski definition) is 5. The Hall–Kier alpha value is -1.44. The van der Waals surface area contributed by atoms with Gasteiger partial charge in [0.05, 0.1) is 11.6 Å². The van der Waals surface area contributed by atoms with E-state index in [0.29, 0.717) is 11.4 Å². The smallest absolute Gasteiger partial charge is 0.255 e. The largest absolute Gasteiger partial charge is 0.345 e. The molecule has 1 unspecified atom stereocenters. The number of hydrazine groups is 1. The van der Waals surface area contributed by atoms with Crippen molar-refractivity contribution in [2.75, 3.05) is 5.43 Å². The molecule has 0 aliphatic heterocycles. The molecule has 21 heavy (non-hydrogen) atoms. The highest BCUT2D eigenvalue weighted by molar-refractivity contribution is 9.10. The fourth-order valence-corrected chi connectivity index (χ4v) is 3.51. The Kier molecular flexibility index (Phi) is 4.97. The standard InChI is InChI=1S/C14H17BrN4OS/c1-7-4-11(9(3)21-7)8(2)18-14(20)12-5-10(15)6-17-13(12)19-16/h4-6,8H,16H2,1-3H3,(H,17,19)(H,18,20). The summed E-state index contributed by atoms with van der Waals surface area (Å²) in [6.07, 6.45) is 1.59. The third-order valence-corrected chi connectivity index (χ3v) is 4.54. The first kappa shape index (κ1) is 15.9. The van der Waals surface area contributed by atoms with Crippen molar-refractivity contribution < 1.29 is 4.79 Å². The Labute approximate surface area is 136 Å². The number of hydrogen-bond donors (Lipinski definition) is 3. The summed E-state index contributed by atoms with van der Waals surface area (Å²) < 4.78 is 0.724. The maximum Gasteiger partial charge on any atom is 0.255 e. The van der Waals surface area contributed by atoms with Gasteiger partial charge >= 0.3 is 0 Å². The van der Waals surface area contributed by atoms with Crippen LogP contribution in [0.4, 0.5) is 5.82 Å². The molecule has 5 nitrogen and oxygen atoms in total. The molecule has 1 atom stereocenters. The first-order valence-electron chi connectivity index (χ1n) is 6.42. The van der Waals surface area contributed by atoms with Crippen LogP contribution in [-0.2, 0) is 0 Å². The Balaban J connectivity index is 2.22. The number of thiophene rings is 1. The van der Waals surface area contributed by atoms with Gasteiger partial charge in [-0.15, -0.1) is 11.3 Å². The van der Waals surface area contributed by atoms with Crippen molar-refractivity contribution in [1.82, 2.24) is 10.3 Å². The number of aromatic nitrogens is 1. The summed E-state index contributed by atoms with van der Waals surface area (Å²) >= 11 is 5.04. The minimum Gasteiger partial charge on any atom is -0.345 e. The molecule has 2 heterocycles. The number of pyridine rings is 1. The highest BCUT2D eigenvalue weighted by atomic mass is 79.9. The quantitative estimate of drug-likeness (QED) is 0.571. The Morgan fingerprint density at radius 3 is 2.71 bits per heavy atom. The van der Waals surface area contributed by atoms with Crippen molar-refractivity contribution in [2.24, 2.45) is 5.84 Å². The van der Waals surface area contributed by atoms with E-state index in [0.717, 1.165) is 10.0 Å². The predicted octanol–water partition coefficient (Wildman–Crippen LogP) is 3.30. The van der Waals surface area contributed by atoms with Gasteiger partial charge in [0, 0.05) is 20.4 Å². The number of nitrogen functional groups attached to an aromatic ring is 1. The van der Waals surface area contributed by atoms with Gasteiger partial charge in [0.25, 0.3) is 5.91 Å². The second-order valence-electron chi connectivity index (χ2n) is 4.76. The molecule has 0 aliphatic carbocycles. The number of halogens is 1. The SMILES string of the molecule is Cc1cc(C(C)NC(=O)c2cc(Br)cnc2NN)c(C)s1. The lowest BCUT2D eigenvalue weighted by Crippen LogP contribution is -2.28. The van der Waals surface area contributed by atoms with E-state index in [1.807, 2.05) is 6.92 Å². The summed E-state index contributed by atoms with van der Waals surface area (Å²) in [5.74, 6) is 5.53. The number of rotatable bonds is 4. The summed E-state index contributed by atoms with van der Waals surface area (Å²) in [5.41, 5.74) is 3.98. The van der Waals surface area contributed by atoms with Crippen molar-refractivity contribution in [3.63, 3.8) is 0 Å². The van der Waals surface area contributed by atoms with Crippen LogP contribution in [0, 0.1) is 13.8 Å². The molecule has 0 fully saturated rings. The maximum absolute atomic E-state index is 12.4. The second-order valence-corrected chi connectivity index (χ2v) is 7.13. The molecule has 0 saturated heterocycles. The minimum atomic E-state index is -0.215. The Morgan fingerprint density at radius 1 is 1.43 bits per heavy atom. The van der Waals surface area contributed by atoms with Crippen molar-refractivity contribution >= 4 is 39.0 Å². The molecule has 2 rings (SSSR count). The van der Waals surface area contributed by atoms with Gasteiger partial charge < -0.3 is 10.7 Å². The van der Waals surface area contributed by atoms with Crippen LogP contribution in [0.1, 0.15) is 38.6 Å². The molecule has 1 amide bonds. The molecule has 2 aromatic rings. The average Bonchev–Trinajstić information content (AvgIpc) is 2.77. The minimum absolute atomic E-state index is 0.0768. The van der Waals surface area contributed by atoms with Crippen molar-refractivity contribution in [1.29, 1.82) is 0 Å². The zero-order chi connectivity index (χ0) is 15.6. The van der Waals surface area contributed by atoms with E-state index in [-0.39, 0.29) is 11.9 Å². The second kappa shape index (κ2) is 6.55. The molecule has 0 saturated carbocycles. The Bertz CT molecular complexity index is 671. The van der Waals surface area contributed by atoms with E-state index in [9.17, 15) is 4.79 Å². The third kappa shape index (κ3) is 3.61. The summed E-state index contributed by atoms with van der Waals surface area (Å²) in [5, 5.41) is 2.98. The van der Waals surface area contributed by atoms with Crippen LogP contribution < -0.4 is 16.6 Å². The highest BCUT2D eigenvalue weighted by Gasteiger charge is 2.18. The van der Waals surface area contributed by atoms with Crippen LogP contribution in [0.5, 0.6) is 0 Å². The fourth-order valence-electron chi connectivity index (χ4n) is 2.16. The van der Waals surface area contributed by atoms with E-state index in [2.05, 4.69) is 51.6 Å². The first-order valence-corrected chi connectivity index (χ1v) is 8.03. The lowest BCUT2D eigenvalue weighted by atomic mass is 10.1. The molecule has 0 aliphatic rings. The lowest BCUT2D eigenvalue weighted by molar-refractivity contribution is 0.0940. The van der Waals surface area contributed by atoms with Gasteiger partial charge in [0.1, 0.15) is 0 Å². The molecule has 0 bridgehead atoms. The number of nitrogens with zero attached hydrogens (tertiary/aromatic N) is 1. The van der Waals surface area contributed by atoms with Gasteiger partial charge in [-0.25, -0.2) is 10.8 Å². The normalized spacial score (nSPS) is 12.0. The molecule has 0 radical (unpaired) electrons. The van der Waals surface area contributed by atoms with Crippen LogP contribution >= 0.6 is 27.3 Å². The van der Waals surface area contributed by atoms with Gasteiger partial charge in [-0.3, -0.25) is 4.79 Å². The number of carbonyl (C=O) groups is 1. The number of carbonyl (C=O) groups excluding carboxylic acids is 1. The molecule has 112 valence electrons. The third-order valence-electron chi connectivity index (χ3n) is 3.13. The zero-order valence-electron chi connectivity index (χ0n) is 12.0. The van der Waals surface area contributed by atoms with E-state index in [1.54, 1.807) is 23.6 Å². The number of nitrogens with two attached hydrogens (primary N) is 1. The van der Waals surface area contributed by atoms with Gasteiger partial charge in [-0.1, -0.05) is 0 Å². The van der Waals surface area contributed by atoms with Crippen LogP contribution in [0.2, 0.25) is 0 Å². The monoisotopic (exact) mass is 368 g/mol. The molecule has 0 aromatic carbocycles. The van der Waals surface area contributed by atoms with Crippen molar-refractivity contribution in [3.8, 4) is 0 Å². The molecule has 4 N–H and O–H groups in total. The fraction of sp³-hybridized carbons (Fsp3) is 0.286. The number of anilines is 1. The molecule has 0 spiro atoms. The van der Waals surface area contributed by atoms with Crippen LogP contribution in [0.25, 0.3) is 0 Å². The Morgan fingerprint density at radius 2 is 2.14 bits per heavy atom. The summed E-state index contributed by atoms with van der Waals surface area (Å²) in [4.78, 5) is 18.9. The van der Waals surface area contributed by atoms with E-state index < -0.39 is 0 Å². The van der Waals surface area contributed by atoms with Crippen molar-refractivity contribution in [3.05, 3.63) is 43.7 Å². The first-order chi connectivity index (χ1) is 9.92. The lowest BCUT2D eigenvalue weighted by Gasteiger charge is -2.15. The molecule has 2 aromatic heterocycles. The van der Waals surface area contributed by atoms with Gasteiger partial charge in [0.15, 0.2) is 5.82 Å². The van der Waals surface area contributed by atoms with E-state index >= 15 is 0 Å². The average molecular weight is 369 g/mol. The van der Waals surface area contributed by atoms with Gasteiger partial charge in [0.2, 0.25) is 0 Å². The van der Waals surface area contributed by atoms with Gasteiger partial charge in [-0.2, -0.15) is 0 Å². The molecular formula is C14H17BrN4OS. The maximum atomic E-state index is 12.4. The molecule has 7 heteroatoms. The number of aryl methyl sites for hydroxylation is 2. The zero-order valence-corrected chi connectivity index (χ0v) is 14.4. The molecular weight excluding hydrogens is 352 g/mol. The summed E-state index contributed by atoms with van der Waals surface area (Å²) in [7, 11) is 0. The van der Waals surface area contributed by atoms with Gasteiger partial charge in [-0.05, 0) is 54.4 Å². The number of amides is 1. The van der Waals surface area contributed by atoms with E-state index in [1.165, 1.54) is 9.75 Å².